The molecule has 6 heteroatoms. The molecule has 146 valence electrons. The first-order chi connectivity index (χ1) is 14.5. The molecule has 0 spiro atoms. The maximum atomic E-state index is 11.7. The van der Waals surface area contributed by atoms with E-state index in [1.165, 1.54) is 12.4 Å². The third-order valence-electron chi connectivity index (χ3n) is 4.71. The Bertz CT molecular complexity index is 1300. The molecule has 1 heterocycles. The summed E-state index contributed by atoms with van der Waals surface area (Å²) in [4.78, 5) is 31.9. The van der Waals surface area contributed by atoms with E-state index in [9.17, 15) is 9.59 Å². The number of fused-ring (bicyclic) bond motifs is 1. The number of anilines is 1. The number of benzene rings is 3. The number of primary amides is 1. The lowest BCUT2D eigenvalue weighted by molar-refractivity contribution is -0.111. The molecule has 0 saturated heterocycles. The van der Waals surface area contributed by atoms with Crippen molar-refractivity contribution in [2.45, 2.75) is 0 Å². The minimum absolute atomic E-state index is 0.281. The van der Waals surface area contributed by atoms with E-state index in [1.54, 1.807) is 24.4 Å². The first kappa shape index (κ1) is 19.0. The summed E-state index contributed by atoms with van der Waals surface area (Å²) in [5, 5.41) is 3.63. The van der Waals surface area contributed by atoms with Gasteiger partial charge >= 0.3 is 0 Å². The Kier molecular flexibility index (Phi) is 5.05. The lowest BCUT2D eigenvalue weighted by Crippen LogP contribution is -2.10. The van der Waals surface area contributed by atoms with Gasteiger partial charge in [-0.15, -0.1) is 0 Å². The average Bonchev–Trinajstić information content (AvgIpc) is 2.78. The Morgan fingerprint density at radius 1 is 0.967 bits per heavy atom. The summed E-state index contributed by atoms with van der Waals surface area (Å²) in [7, 11) is 0. The molecule has 3 aromatic carbocycles. The van der Waals surface area contributed by atoms with Gasteiger partial charge in [0.05, 0.1) is 5.52 Å². The van der Waals surface area contributed by atoms with E-state index in [2.05, 4.69) is 21.9 Å². The van der Waals surface area contributed by atoms with Crippen LogP contribution < -0.4 is 11.1 Å². The van der Waals surface area contributed by atoms with Crippen LogP contribution in [0.1, 0.15) is 10.4 Å². The molecule has 6 nitrogen and oxygen atoms in total. The highest BCUT2D eigenvalue weighted by Crippen LogP contribution is 2.34. The number of aromatic nitrogens is 2. The molecule has 0 bridgehead atoms. The zero-order chi connectivity index (χ0) is 21.1. The molecule has 0 fully saturated rings. The topological polar surface area (TPSA) is 98.0 Å². The van der Waals surface area contributed by atoms with Crippen LogP contribution in [-0.4, -0.2) is 21.8 Å². The number of hydrogen-bond acceptors (Lipinski definition) is 4. The summed E-state index contributed by atoms with van der Waals surface area (Å²) >= 11 is 0. The second-order valence-electron chi connectivity index (χ2n) is 6.70. The van der Waals surface area contributed by atoms with Crippen molar-refractivity contribution in [1.82, 2.24) is 9.97 Å². The largest absolute Gasteiger partial charge is 0.366 e. The third-order valence-corrected chi connectivity index (χ3v) is 4.71. The number of carbonyl (C=O) groups excluding carboxylic acids is 2. The number of nitrogens with zero attached hydrogens (tertiary/aromatic N) is 2. The van der Waals surface area contributed by atoms with Gasteiger partial charge in [-0.2, -0.15) is 0 Å². The van der Waals surface area contributed by atoms with Crippen molar-refractivity contribution >= 4 is 28.4 Å². The molecule has 0 atom stereocenters. The van der Waals surface area contributed by atoms with Crippen LogP contribution in [0.4, 0.5) is 5.69 Å². The zero-order valence-corrected chi connectivity index (χ0v) is 16.0. The minimum atomic E-state index is -0.480. The summed E-state index contributed by atoms with van der Waals surface area (Å²) in [5.74, 6) is -0.761. The minimum Gasteiger partial charge on any atom is -0.366 e. The van der Waals surface area contributed by atoms with Gasteiger partial charge in [0, 0.05) is 28.4 Å². The van der Waals surface area contributed by atoms with Gasteiger partial charge in [-0.3, -0.25) is 9.59 Å². The van der Waals surface area contributed by atoms with Crippen molar-refractivity contribution in [2.75, 3.05) is 5.32 Å². The average molecular weight is 394 g/mol. The molecule has 4 rings (SSSR count). The number of hydrogen-bond donors (Lipinski definition) is 2. The van der Waals surface area contributed by atoms with E-state index in [0.29, 0.717) is 11.3 Å². The number of rotatable bonds is 5. The Labute approximate surface area is 173 Å². The van der Waals surface area contributed by atoms with Gasteiger partial charge in [-0.05, 0) is 59.2 Å². The van der Waals surface area contributed by atoms with E-state index in [-0.39, 0.29) is 5.91 Å². The molecule has 0 aliphatic rings. The van der Waals surface area contributed by atoms with Gasteiger partial charge in [-0.25, -0.2) is 9.97 Å². The van der Waals surface area contributed by atoms with Crippen molar-refractivity contribution < 1.29 is 9.59 Å². The van der Waals surface area contributed by atoms with Gasteiger partial charge in [0.15, 0.2) is 0 Å². The van der Waals surface area contributed by atoms with Gasteiger partial charge in [0.1, 0.15) is 6.33 Å². The van der Waals surface area contributed by atoms with Crippen LogP contribution in [0, 0.1) is 0 Å². The molecule has 0 aliphatic carbocycles. The molecule has 0 saturated carbocycles. The van der Waals surface area contributed by atoms with Crippen molar-refractivity contribution in [2.24, 2.45) is 5.73 Å². The molecular formula is C24H18N4O2. The van der Waals surface area contributed by atoms with Crippen molar-refractivity contribution in [3.8, 4) is 22.3 Å². The summed E-state index contributed by atoms with van der Waals surface area (Å²) in [6.07, 6.45) is 4.47. The fraction of sp³-hybridized carbons (Fsp3) is 0. The standard InChI is InChI=1S/C24H18N4O2/c1-2-22(29)28-20-8-4-6-16(11-20)21-12-18(10-19-13-26-14-27-23(19)21)15-5-3-7-17(9-15)24(25)30/h2-14H,1H2,(H2,25,30)(H,28,29). The fourth-order valence-electron chi connectivity index (χ4n) is 3.30. The molecule has 3 N–H and O–H groups in total. The second-order valence-corrected chi connectivity index (χ2v) is 6.70. The number of carbonyl (C=O) groups is 2. The lowest BCUT2D eigenvalue weighted by Gasteiger charge is -2.12. The molecular weight excluding hydrogens is 376 g/mol. The highest BCUT2D eigenvalue weighted by atomic mass is 16.1. The van der Waals surface area contributed by atoms with Gasteiger partial charge < -0.3 is 11.1 Å². The highest BCUT2D eigenvalue weighted by molar-refractivity contribution is 6.01. The first-order valence-corrected chi connectivity index (χ1v) is 9.23. The Hall–Kier alpha value is -4.32. The molecule has 0 aliphatic heterocycles. The maximum absolute atomic E-state index is 11.7. The van der Waals surface area contributed by atoms with Crippen molar-refractivity contribution in [3.05, 3.63) is 91.4 Å². The molecule has 0 unspecified atom stereocenters. The van der Waals surface area contributed by atoms with E-state index < -0.39 is 5.91 Å². The Morgan fingerprint density at radius 2 is 1.77 bits per heavy atom. The molecule has 4 aromatic rings. The summed E-state index contributed by atoms with van der Waals surface area (Å²) in [6.45, 7) is 3.48. The molecule has 1 aromatic heterocycles. The molecule has 0 radical (unpaired) electrons. The van der Waals surface area contributed by atoms with Crippen molar-refractivity contribution in [3.63, 3.8) is 0 Å². The SMILES string of the molecule is C=CC(=O)Nc1cccc(-c2cc(-c3cccc(C(N)=O)c3)cc3cncnc23)c1. The second kappa shape index (κ2) is 7.97. The van der Waals surface area contributed by atoms with Crippen LogP contribution in [-0.2, 0) is 4.79 Å². The smallest absolute Gasteiger partial charge is 0.248 e. The van der Waals surface area contributed by atoms with Gasteiger partial charge in [0.25, 0.3) is 0 Å². The zero-order valence-electron chi connectivity index (χ0n) is 16.0. The predicted molar refractivity (Wildman–Crippen MR) is 118 cm³/mol. The van der Waals surface area contributed by atoms with Crippen LogP contribution in [0.15, 0.2) is 85.8 Å². The third kappa shape index (κ3) is 3.79. The number of nitrogens with one attached hydrogen (secondary N) is 1. The van der Waals surface area contributed by atoms with Gasteiger partial charge in [-0.1, -0.05) is 30.8 Å². The summed E-state index contributed by atoms with van der Waals surface area (Å²) in [5.41, 5.74) is 10.8. The number of nitrogens with two attached hydrogens (primary N) is 1. The fourth-order valence-corrected chi connectivity index (χ4v) is 3.30. The first-order valence-electron chi connectivity index (χ1n) is 9.23. The van der Waals surface area contributed by atoms with Crippen molar-refractivity contribution in [1.29, 1.82) is 0 Å². The molecule has 2 amide bonds. The Morgan fingerprint density at radius 3 is 2.57 bits per heavy atom. The van der Waals surface area contributed by atoms with E-state index >= 15 is 0 Å². The van der Waals surface area contributed by atoms with Crippen LogP contribution in [0.5, 0.6) is 0 Å². The van der Waals surface area contributed by atoms with E-state index in [1.807, 2.05) is 42.5 Å². The van der Waals surface area contributed by atoms with Crippen LogP contribution in [0.25, 0.3) is 33.2 Å². The van der Waals surface area contributed by atoms with Crippen LogP contribution in [0.2, 0.25) is 0 Å². The normalized spacial score (nSPS) is 10.5. The summed E-state index contributed by atoms with van der Waals surface area (Å²) in [6, 6.07) is 18.6. The molecule has 30 heavy (non-hydrogen) atoms. The predicted octanol–water partition coefficient (Wildman–Crippen LogP) is 4.19. The van der Waals surface area contributed by atoms with Crippen LogP contribution in [0.3, 0.4) is 0 Å². The van der Waals surface area contributed by atoms with Gasteiger partial charge in [0.2, 0.25) is 11.8 Å². The van der Waals surface area contributed by atoms with E-state index in [4.69, 9.17) is 5.73 Å². The lowest BCUT2D eigenvalue weighted by atomic mass is 9.95. The van der Waals surface area contributed by atoms with E-state index in [0.717, 1.165) is 33.2 Å². The highest BCUT2D eigenvalue weighted by Gasteiger charge is 2.11. The maximum Gasteiger partial charge on any atom is 0.248 e. The number of amides is 2. The summed E-state index contributed by atoms with van der Waals surface area (Å²) < 4.78 is 0. The van der Waals surface area contributed by atoms with Crippen LogP contribution >= 0.6 is 0 Å². The monoisotopic (exact) mass is 394 g/mol. The quantitative estimate of drug-likeness (QED) is 0.496. The Balaban J connectivity index is 1.89.